The Balaban J connectivity index is 2.00. The van der Waals surface area contributed by atoms with Crippen LogP contribution in [0.3, 0.4) is 0 Å². The molecule has 2 aromatic carbocycles. The maximum Gasteiger partial charge on any atom is 0.147 e. The largest absolute Gasteiger partial charge is 0.359 e. The fraction of sp³-hybridized carbons (Fsp3) is 0.235. The summed E-state index contributed by atoms with van der Waals surface area (Å²) in [5.74, 6) is 0. The van der Waals surface area contributed by atoms with Gasteiger partial charge in [0.05, 0.1) is 6.54 Å². The van der Waals surface area contributed by atoms with Gasteiger partial charge in [-0.2, -0.15) is 0 Å². The maximum absolute atomic E-state index is 5.64. The minimum Gasteiger partial charge on any atom is -0.359 e. The molecule has 0 saturated carbocycles. The zero-order valence-corrected chi connectivity index (χ0v) is 11.6. The van der Waals surface area contributed by atoms with E-state index in [0.29, 0.717) is 6.54 Å². The molecule has 0 fully saturated rings. The molecule has 2 rings (SSSR count). The van der Waals surface area contributed by atoms with Crippen LogP contribution in [0.1, 0.15) is 17.2 Å². The molecule has 0 aliphatic rings. The topological polar surface area (TPSA) is 30.8 Å². The lowest BCUT2D eigenvalue weighted by atomic mass is 10.1. The number of methoxy groups -OCH3 is 1. The van der Waals surface area contributed by atoms with E-state index in [4.69, 9.17) is 9.47 Å². The minimum atomic E-state index is -0.181. The summed E-state index contributed by atoms with van der Waals surface area (Å²) in [5, 5.41) is 0. The van der Waals surface area contributed by atoms with Crippen molar-refractivity contribution < 1.29 is 9.47 Å². The Morgan fingerprint density at radius 1 is 1.00 bits per heavy atom. The van der Waals surface area contributed by atoms with Crippen molar-refractivity contribution in [3.05, 3.63) is 71.8 Å². The molecule has 1 atom stereocenters. The van der Waals surface area contributed by atoms with Gasteiger partial charge in [-0.05, 0) is 11.1 Å². The van der Waals surface area contributed by atoms with E-state index in [9.17, 15) is 0 Å². The lowest BCUT2D eigenvalue weighted by Crippen LogP contribution is -2.08. The van der Waals surface area contributed by atoms with E-state index in [1.807, 2.05) is 54.7 Å². The van der Waals surface area contributed by atoms with Crippen LogP contribution in [0.2, 0.25) is 0 Å². The number of benzene rings is 2. The molecule has 20 heavy (non-hydrogen) atoms. The quantitative estimate of drug-likeness (QED) is 0.568. The van der Waals surface area contributed by atoms with Crippen LogP contribution in [0, 0.1) is 0 Å². The van der Waals surface area contributed by atoms with Crippen molar-refractivity contribution in [2.45, 2.75) is 12.6 Å². The molecule has 0 N–H and O–H groups in total. The molecule has 0 aromatic heterocycles. The Hall–Kier alpha value is -1.97. The van der Waals surface area contributed by atoms with Crippen LogP contribution in [-0.4, -0.2) is 20.1 Å². The second-order valence-corrected chi connectivity index (χ2v) is 4.38. The van der Waals surface area contributed by atoms with Crippen LogP contribution in [0.4, 0.5) is 0 Å². The Morgan fingerprint density at radius 2 is 1.65 bits per heavy atom. The molecule has 3 heteroatoms. The summed E-state index contributed by atoms with van der Waals surface area (Å²) >= 11 is 0. The highest BCUT2D eigenvalue weighted by atomic mass is 16.7. The predicted molar refractivity (Wildman–Crippen MR) is 80.8 cm³/mol. The summed E-state index contributed by atoms with van der Waals surface area (Å²) in [4.78, 5) is 4.47. The van der Waals surface area contributed by atoms with E-state index in [1.54, 1.807) is 7.11 Å². The molecule has 0 heterocycles. The van der Waals surface area contributed by atoms with Crippen LogP contribution < -0.4 is 0 Å². The van der Waals surface area contributed by atoms with Gasteiger partial charge in [-0.15, -0.1) is 0 Å². The molecule has 0 radical (unpaired) electrons. The lowest BCUT2D eigenvalue weighted by Gasteiger charge is -2.13. The number of rotatable bonds is 7. The van der Waals surface area contributed by atoms with Crippen molar-refractivity contribution in [3.63, 3.8) is 0 Å². The molecule has 0 spiro atoms. The fourth-order valence-electron chi connectivity index (χ4n) is 1.85. The molecular formula is C17H19NO2. The molecule has 2 aromatic rings. The van der Waals surface area contributed by atoms with Gasteiger partial charge in [0.2, 0.25) is 0 Å². The molecule has 3 nitrogen and oxygen atoms in total. The lowest BCUT2D eigenvalue weighted by molar-refractivity contribution is -0.0487. The first-order valence-corrected chi connectivity index (χ1v) is 6.59. The maximum atomic E-state index is 5.64. The van der Waals surface area contributed by atoms with Gasteiger partial charge in [-0.3, -0.25) is 4.99 Å². The van der Waals surface area contributed by atoms with E-state index in [2.05, 4.69) is 17.1 Å². The summed E-state index contributed by atoms with van der Waals surface area (Å²) in [5.41, 5.74) is 2.25. The van der Waals surface area contributed by atoms with Crippen LogP contribution in [0.15, 0.2) is 65.7 Å². The second-order valence-electron chi connectivity index (χ2n) is 4.38. The Kier molecular flexibility index (Phi) is 5.96. The average Bonchev–Trinajstić information content (AvgIpc) is 2.52. The SMILES string of the molecule is COCOC(C=NCc1ccccc1)c1ccccc1. The summed E-state index contributed by atoms with van der Waals surface area (Å²) in [6, 6.07) is 20.2. The zero-order chi connectivity index (χ0) is 14.0. The molecule has 0 aliphatic heterocycles. The first-order valence-electron chi connectivity index (χ1n) is 6.59. The van der Waals surface area contributed by atoms with Gasteiger partial charge in [0.25, 0.3) is 0 Å². The molecule has 0 bridgehead atoms. The Labute approximate surface area is 119 Å². The van der Waals surface area contributed by atoms with Crippen molar-refractivity contribution in [3.8, 4) is 0 Å². The van der Waals surface area contributed by atoms with E-state index in [-0.39, 0.29) is 12.9 Å². The van der Waals surface area contributed by atoms with Crippen molar-refractivity contribution >= 4 is 6.21 Å². The molecule has 0 amide bonds. The second kappa shape index (κ2) is 8.25. The van der Waals surface area contributed by atoms with Crippen molar-refractivity contribution in [2.75, 3.05) is 13.9 Å². The molecule has 104 valence electrons. The highest BCUT2D eigenvalue weighted by Gasteiger charge is 2.08. The highest BCUT2D eigenvalue weighted by molar-refractivity contribution is 5.66. The zero-order valence-electron chi connectivity index (χ0n) is 11.6. The third-order valence-corrected chi connectivity index (χ3v) is 2.85. The van der Waals surface area contributed by atoms with E-state index in [0.717, 1.165) is 5.56 Å². The number of aliphatic imine (C=N–C) groups is 1. The van der Waals surface area contributed by atoms with Gasteiger partial charge < -0.3 is 9.47 Å². The summed E-state index contributed by atoms with van der Waals surface area (Å²) < 4.78 is 10.6. The third kappa shape index (κ3) is 4.61. The van der Waals surface area contributed by atoms with Crippen LogP contribution >= 0.6 is 0 Å². The first-order chi connectivity index (χ1) is 9.90. The van der Waals surface area contributed by atoms with Crippen LogP contribution in [-0.2, 0) is 16.0 Å². The van der Waals surface area contributed by atoms with Crippen LogP contribution in [0.25, 0.3) is 0 Å². The monoisotopic (exact) mass is 269 g/mol. The summed E-state index contributed by atoms with van der Waals surface area (Å²) in [6.45, 7) is 0.900. The molecular weight excluding hydrogens is 250 g/mol. The minimum absolute atomic E-state index is 0.181. The standard InChI is InChI=1S/C17H19NO2/c1-19-14-20-17(16-10-6-3-7-11-16)13-18-12-15-8-4-2-5-9-15/h2-11,13,17H,12,14H2,1H3. The predicted octanol–water partition coefficient (Wildman–Crippen LogP) is 3.62. The number of hydrogen-bond acceptors (Lipinski definition) is 3. The number of ether oxygens (including phenoxy) is 2. The van der Waals surface area contributed by atoms with Crippen molar-refractivity contribution in [2.24, 2.45) is 4.99 Å². The third-order valence-electron chi connectivity index (χ3n) is 2.85. The summed E-state index contributed by atoms with van der Waals surface area (Å²) in [6.07, 6.45) is 1.65. The van der Waals surface area contributed by atoms with E-state index in [1.165, 1.54) is 5.56 Å². The highest BCUT2D eigenvalue weighted by Crippen LogP contribution is 2.15. The fourth-order valence-corrected chi connectivity index (χ4v) is 1.85. The van der Waals surface area contributed by atoms with Gasteiger partial charge in [-0.1, -0.05) is 60.7 Å². The van der Waals surface area contributed by atoms with Gasteiger partial charge in [0, 0.05) is 13.3 Å². The smallest absolute Gasteiger partial charge is 0.147 e. The first kappa shape index (κ1) is 14.4. The van der Waals surface area contributed by atoms with Gasteiger partial charge >= 0.3 is 0 Å². The number of nitrogens with zero attached hydrogens (tertiary/aromatic N) is 1. The van der Waals surface area contributed by atoms with Gasteiger partial charge in [0.1, 0.15) is 12.9 Å². The van der Waals surface area contributed by atoms with E-state index >= 15 is 0 Å². The van der Waals surface area contributed by atoms with Crippen LogP contribution in [0.5, 0.6) is 0 Å². The molecule has 0 aliphatic carbocycles. The summed E-state index contributed by atoms with van der Waals surface area (Å²) in [7, 11) is 1.61. The van der Waals surface area contributed by atoms with E-state index < -0.39 is 0 Å². The Bertz CT molecular complexity index is 511. The average molecular weight is 269 g/mol. The molecule has 0 saturated heterocycles. The van der Waals surface area contributed by atoms with Crippen molar-refractivity contribution in [1.82, 2.24) is 0 Å². The normalized spacial score (nSPS) is 12.7. The molecule has 1 unspecified atom stereocenters. The Morgan fingerprint density at radius 3 is 2.30 bits per heavy atom. The van der Waals surface area contributed by atoms with Gasteiger partial charge in [0.15, 0.2) is 0 Å². The van der Waals surface area contributed by atoms with Crippen molar-refractivity contribution in [1.29, 1.82) is 0 Å². The number of hydrogen-bond donors (Lipinski definition) is 0. The van der Waals surface area contributed by atoms with Gasteiger partial charge in [-0.25, -0.2) is 0 Å².